The van der Waals surface area contributed by atoms with Gasteiger partial charge in [-0.2, -0.15) is 0 Å². The van der Waals surface area contributed by atoms with Gasteiger partial charge in [-0.05, 0) is 173 Å². The van der Waals surface area contributed by atoms with Crippen LogP contribution in [-0.2, 0) is 33.6 Å². The third kappa shape index (κ3) is 12.9. The first kappa shape index (κ1) is 63.9. The summed E-state index contributed by atoms with van der Waals surface area (Å²) in [7, 11) is 8.03. The van der Waals surface area contributed by atoms with Crippen LogP contribution >= 0.6 is 0 Å². The molecule has 0 radical (unpaired) electrons. The molecule has 12 aromatic heterocycles. The number of hydrogen-bond acceptors (Lipinski definition) is 8. The van der Waals surface area contributed by atoms with E-state index >= 15 is 0 Å². The van der Waals surface area contributed by atoms with Gasteiger partial charge in [0.15, 0.2) is 47.1 Å². The highest BCUT2D eigenvalue weighted by Crippen LogP contribution is 2.44. The monoisotopic (exact) mass is 1490 g/mol. The largest absolute Gasteiger partial charge is 0.437 e. The van der Waals surface area contributed by atoms with E-state index in [9.17, 15) is 0 Å². The van der Waals surface area contributed by atoms with E-state index in [4.69, 9.17) is 42.2 Å². The standard InChI is InChI=1S/C28H27N2O.C26H25N2O.C24H21N2O.C23H19N2O/c1-18-12-14-22-23-16-20-10-6-7-11-24(20)29-28(23)31-27(22)26(18)25-15-13-21(17-30(25)2)19-8-4-3-5-9-19;1-16-10-12-19-20-14-17-8-6-7-9-21(17)27-25(20)29-24(19)23(16)22-13-11-18(15-28(22)5)26(2,3)4;1-14-9-10-18-19-12-17-7-5-6-8-20(17)25-24(19)27-23(18)22(14)21-11-15(2)16(3)13-26(21)4;1-14-12-15(2)21(19-10-6-7-11-25(19)3)22-20(14)17-13-16-8-4-5-9-18(16)24-23(17)26-22/h6-7,10-17,19H,3-5,8-9H2,1-2H3;6-15H,1-5H3;5-13H,1-4H3;4-13H,1-3H3/q4*+1/i19D;;3D3;1D3. The van der Waals surface area contributed by atoms with Gasteiger partial charge >= 0.3 is 0 Å². The maximum absolute atomic E-state index is 9.01. The van der Waals surface area contributed by atoms with Crippen LogP contribution in [0.1, 0.15) is 118 Å². The first-order valence-electron chi connectivity index (χ1n) is 42.3. The van der Waals surface area contributed by atoms with E-state index in [1.165, 1.54) is 23.1 Å². The molecule has 21 rings (SSSR count). The van der Waals surface area contributed by atoms with Gasteiger partial charge in [-0.1, -0.05) is 155 Å². The quantitative estimate of drug-likeness (QED) is 0.156. The first-order chi connectivity index (χ1) is 57.4. The minimum atomic E-state index is -2.26. The fraction of sp³-hybridized carbons (Fsp3) is 0.208. The van der Waals surface area contributed by atoms with Crippen molar-refractivity contribution < 1.29 is 45.5 Å². The summed E-state index contributed by atoms with van der Waals surface area (Å²) >= 11 is 0. The Bertz CT molecular complexity index is 7570. The van der Waals surface area contributed by atoms with Gasteiger partial charge in [0.2, 0.25) is 45.6 Å². The Morgan fingerprint density at radius 2 is 0.752 bits per heavy atom. The molecule has 1 saturated carbocycles. The van der Waals surface area contributed by atoms with Gasteiger partial charge in [0.05, 0.1) is 44.3 Å². The minimum Gasteiger partial charge on any atom is -0.437 e. The smallest absolute Gasteiger partial charge is 0.227 e. The lowest BCUT2D eigenvalue weighted by Gasteiger charge is -2.21. The van der Waals surface area contributed by atoms with Crippen LogP contribution in [-0.4, -0.2) is 19.9 Å². The van der Waals surface area contributed by atoms with E-state index < -0.39 is 19.6 Å². The Hall–Kier alpha value is -12.8. The second-order valence-corrected chi connectivity index (χ2v) is 31.6. The van der Waals surface area contributed by atoms with Crippen molar-refractivity contribution in [2.45, 2.75) is 113 Å². The molecule has 0 unspecified atom stereocenters. The molecule has 1 aliphatic carbocycles. The number of nitrogens with zero attached hydrogens (tertiary/aromatic N) is 8. The number of rotatable bonds is 5. The molecule has 12 heterocycles. The van der Waals surface area contributed by atoms with Crippen LogP contribution < -0.4 is 18.3 Å². The van der Waals surface area contributed by atoms with Crippen molar-refractivity contribution in [3.05, 3.63) is 287 Å². The molecule has 113 heavy (non-hydrogen) atoms. The van der Waals surface area contributed by atoms with Gasteiger partial charge < -0.3 is 17.7 Å². The lowest BCUT2D eigenvalue weighted by molar-refractivity contribution is -0.661. The van der Waals surface area contributed by atoms with Crippen molar-refractivity contribution in [2.75, 3.05) is 0 Å². The molecule has 12 heteroatoms. The molecule has 0 amide bonds. The second kappa shape index (κ2) is 28.5. The van der Waals surface area contributed by atoms with E-state index in [0.717, 1.165) is 191 Å². The lowest BCUT2D eigenvalue weighted by Crippen LogP contribution is -2.33. The summed E-state index contributed by atoms with van der Waals surface area (Å²) in [5.41, 5.74) is 25.5. The first-order valence-corrected chi connectivity index (χ1v) is 38.8. The van der Waals surface area contributed by atoms with Crippen molar-refractivity contribution in [3.8, 4) is 45.0 Å². The number of aryl methyl sites for hydroxylation is 11. The van der Waals surface area contributed by atoms with Crippen molar-refractivity contribution in [1.29, 1.82) is 0 Å². The number of aromatic nitrogens is 8. The summed E-state index contributed by atoms with van der Waals surface area (Å²) in [5, 5.41) is 11.9. The average Bonchev–Trinajstić information content (AvgIpc) is 1.58. The maximum atomic E-state index is 9.01. The molecule has 556 valence electrons. The molecule has 0 spiro atoms. The zero-order valence-corrected chi connectivity index (χ0v) is 65.8. The van der Waals surface area contributed by atoms with E-state index in [1.807, 2.05) is 165 Å². The third-order valence-electron chi connectivity index (χ3n) is 22.8. The average molecular weight is 1490 g/mol. The molecular formula is C101H92N8O4+4. The molecule has 0 aliphatic heterocycles. The van der Waals surface area contributed by atoms with E-state index in [2.05, 4.69) is 166 Å². The molecule has 20 aromatic rings. The normalized spacial score (nSPS) is 14.2. The molecule has 12 nitrogen and oxygen atoms in total. The van der Waals surface area contributed by atoms with Gasteiger partial charge in [-0.15, -0.1) is 0 Å². The Labute approximate surface area is 666 Å². The molecule has 8 aromatic carbocycles. The number of pyridine rings is 8. The van der Waals surface area contributed by atoms with Gasteiger partial charge in [-0.25, -0.2) is 38.2 Å². The highest BCUT2D eigenvalue weighted by molar-refractivity contribution is 6.15. The van der Waals surface area contributed by atoms with Crippen LogP contribution in [0.3, 0.4) is 0 Å². The molecule has 1 fully saturated rings. The van der Waals surface area contributed by atoms with E-state index in [1.54, 1.807) is 12.3 Å². The predicted octanol–water partition coefficient (Wildman–Crippen LogP) is 24.0. The highest BCUT2D eigenvalue weighted by atomic mass is 16.4. The van der Waals surface area contributed by atoms with Crippen LogP contribution in [0.15, 0.2) is 255 Å². The molecule has 0 saturated heterocycles. The summed E-state index contributed by atoms with van der Waals surface area (Å²) in [4.78, 5) is 18.9. The third-order valence-corrected chi connectivity index (χ3v) is 22.8. The Morgan fingerprint density at radius 1 is 0.345 bits per heavy atom. The number of para-hydroxylation sites is 4. The van der Waals surface area contributed by atoms with Crippen molar-refractivity contribution in [1.82, 2.24) is 19.9 Å². The topological polar surface area (TPSA) is 120 Å². The van der Waals surface area contributed by atoms with E-state index in [-0.39, 0.29) is 5.41 Å². The van der Waals surface area contributed by atoms with Crippen LogP contribution in [0.2, 0.25) is 0 Å². The summed E-state index contributed by atoms with van der Waals surface area (Å²) < 4.78 is 90.3. The zero-order chi connectivity index (χ0) is 83.8. The van der Waals surface area contributed by atoms with Crippen LogP contribution in [0.4, 0.5) is 0 Å². The van der Waals surface area contributed by atoms with Crippen molar-refractivity contribution in [3.63, 3.8) is 0 Å². The van der Waals surface area contributed by atoms with Crippen molar-refractivity contribution >= 4 is 132 Å². The Kier molecular flexibility index (Phi) is 16.1. The zero-order valence-electron chi connectivity index (χ0n) is 72.8. The van der Waals surface area contributed by atoms with Gasteiger partial charge in [0.1, 0.15) is 28.2 Å². The fourth-order valence-electron chi connectivity index (χ4n) is 16.7. The van der Waals surface area contributed by atoms with E-state index in [0.29, 0.717) is 45.0 Å². The number of hydrogen-bond donors (Lipinski definition) is 0. The molecule has 0 atom stereocenters. The Morgan fingerprint density at radius 3 is 1.21 bits per heavy atom. The lowest BCUT2D eigenvalue weighted by atomic mass is 9.84. The van der Waals surface area contributed by atoms with Crippen LogP contribution in [0.5, 0.6) is 0 Å². The summed E-state index contributed by atoms with van der Waals surface area (Å²) in [6, 6.07) is 71.7. The van der Waals surface area contributed by atoms with Gasteiger partial charge in [0, 0.05) is 121 Å². The SMILES string of the molecule is Cc1ccc2c(oc3nc4ccccc4cc32)c1-c1ccc(C(C)(C)C)c[n+]1C.[2H]C([2H])([2H])c1c[n+](C)c(-c2c(C)ccc3c2oc2nc4ccccc4cc23)cc1C.[2H]C([2H])([2H])c1cc(C)c(-c2cccc[n+]2C)c2oc3nc4ccccc4cc3c12.[2H]C1(c2ccc(-c3c(C)ccc4c3oc3nc5ccccc5cc34)[n+](C)c2)CCCCC1. The number of furan rings is 4. The van der Waals surface area contributed by atoms with Crippen LogP contribution in [0, 0.1) is 48.3 Å². The highest BCUT2D eigenvalue weighted by Gasteiger charge is 2.29. The molecule has 0 bridgehead atoms. The fourth-order valence-corrected chi connectivity index (χ4v) is 16.7. The molecule has 0 N–H and O–H groups in total. The summed E-state index contributed by atoms with van der Waals surface area (Å²) in [6.45, 7) is 12.4. The van der Waals surface area contributed by atoms with Gasteiger partial charge in [-0.3, -0.25) is 0 Å². The summed E-state index contributed by atoms with van der Waals surface area (Å²) in [6.07, 6.45) is 13.5. The minimum absolute atomic E-state index is 0.112. The van der Waals surface area contributed by atoms with Crippen molar-refractivity contribution in [2.24, 2.45) is 28.2 Å². The van der Waals surface area contributed by atoms with Crippen LogP contribution in [0.25, 0.3) is 177 Å². The molecular weight excluding hydrogens is 1390 g/mol. The second-order valence-electron chi connectivity index (χ2n) is 31.6. The Balaban J connectivity index is 0.000000110. The number of fused-ring (bicyclic) bond motifs is 16. The maximum Gasteiger partial charge on any atom is 0.227 e. The number of benzene rings is 8. The molecule has 1 aliphatic rings. The van der Waals surface area contributed by atoms with Gasteiger partial charge in [0.25, 0.3) is 0 Å². The predicted molar refractivity (Wildman–Crippen MR) is 460 cm³/mol. The summed E-state index contributed by atoms with van der Waals surface area (Å²) in [5.74, 6) is -0.459.